The molecular formula is C21H19ClN4O2. The Morgan fingerprint density at radius 2 is 1.89 bits per heavy atom. The number of hydrogen-bond acceptors (Lipinski definition) is 4. The minimum absolute atomic E-state index is 0.146. The SMILES string of the molecule is COc1ccc(-c2ncc3c(n2)CCN(C(=O)Nc2ccc(Cl)cc2)C3)cc1. The average molecular weight is 395 g/mol. The fourth-order valence-electron chi connectivity index (χ4n) is 3.10. The van der Waals surface area contributed by atoms with Crippen LogP contribution in [0.4, 0.5) is 10.5 Å². The molecule has 1 aliphatic rings. The van der Waals surface area contributed by atoms with Crippen molar-refractivity contribution in [3.8, 4) is 17.1 Å². The number of rotatable bonds is 3. The van der Waals surface area contributed by atoms with Crippen LogP contribution in [0.5, 0.6) is 5.75 Å². The normalized spacial score (nSPS) is 13.0. The van der Waals surface area contributed by atoms with E-state index >= 15 is 0 Å². The van der Waals surface area contributed by atoms with Crippen molar-refractivity contribution in [1.82, 2.24) is 14.9 Å². The van der Waals surface area contributed by atoms with E-state index in [1.54, 1.807) is 36.3 Å². The predicted octanol–water partition coefficient (Wildman–Crippen LogP) is 4.40. The van der Waals surface area contributed by atoms with Gasteiger partial charge in [0.05, 0.1) is 19.3 Å². The van der Waals surface area contributed by atoms with E-state index in [-0.39, 0.29) is 6.03 Å². The van der Waals surface area contributed by atoms with Gasteiger partial charge in [0.1, 0.15) is 5.75 Å². The molecule has 6 nitrogen and oxygen atoms in total. The molecule has 0 saturated heterocycles. The highest BCUT2D eigenvalue weighted by Crippen LogP contribution is 2.23. The van der Waals surface area contributed by atoms with Gasteiger partial charge in [0.25, 0.3) is 0 Å². The molecule has 0 fully saturated rings. The van der Waals surface area contributed by atoms with Crippen LogP contribution in [0.2, 0.25) is 5.02 Å². The van der Waals surface area contributed by atoms with E-state index in [0.29, 0.717) is 36.0 Å². The maximum atomic E-state index is 12.5. The molecule has 2 amide bonds. The first-order valence-electron chi connectivity index (χ1n) is 8.93. The molecule has 0 aliphatic carbocycles. The van der Waals surface area contributed by atoms with Gasteiger partial charge in [-0.25, -0.2) is 14.8 Å². The number of benzene rings is 2. The van der Waals surface area contributed by atoms with Crippen molar-refractivity contribution in [2.45, 2.75) is 13.0 Å². The molecule has 2 aromatic carbocycles. The standard InChI is InChI=1S/C21H19ClN4O2/c1-28-18-8-2-14(3-9-18)20-23-12-15-13-26(11-10-19(15)25-20)21(27)24-17-6-4-16(22)5-7-17/h2-9,12H,10-11,13H2,1H3,(H,24,27). The molecule has 0 atom stereocenters. The molecule has 7 heteroatoms. The quantitative estimate of drug-likeness (QED) is 0.715. The number of methoxy groups -OCH3 is 1. The highest BCUT2D eigenvalue weighted by molar-refractivity contribution is 6.30. The summed E-state index contributed by atoms with van der Waals surface area (Å²) in [6.45, 7) is 1.09. The van der Waals surface area contributed by atoms with Crippen LogP contribution in [0.3, 0.4) is 0 Å². The van der Waals surface area contributed by atoms with Crippen molar-refractivity contribution >= 4 is 23.3 Å². The summed E-state index contributed by atoms with van der Waals surface area (Å²) in [5.74, 6) is 1.48. The molecule has 142 valence electrons. The minimum atomic E-state index is -0.146. The summed E-state index contributed by atoms with van der Waals surface area (Å²) < 4.78 is 5.19. The van der Waals surface area contributed by atoms with Crippen LogP contribution in [0.25, 0.3) is 11.4 Å². The monoisotopic (exact) mass is 394 g/mol. The second-order valence-corrected chi connectivity index (χ2v) is 6.94. The van der Waals surface area contributed by atoms with Crippen LogP contribution >= 0.6 is 11.6 Å². The highest BCUT2D eigenvalue weighted by Gasteiger charge is 2.22. The largest absolute Gasteiger partial charge is 0.497 e. The Morgan fingerprint density at radius 1 is 1.14 bits per heavy atom. The Labute approximate surface area is 168 Å². The molecule has 1 N–H and O–H groups in total. The fourth-order valence-corrected chi connectivity index (χ4v) is 3.23. The van der Waals surface area contributed by atoms with Crippen LogP contribution in [0, 0.1) is 0 Å². The van der Waals surface area contributed by atoms with Gasteiger partial charge >= 0.3 is 6.03 Å². The number of anilines is 1. The number of amides is 2. The van der Waals surface area contributed by atoms with Crippen molar-refractivity contribution < 1.29 is 9.53 Å². The van der Waals surface area contributed by atoms with Crippen molar-refractivity contribution in [2.24, 2.45) is 0 Å². The fraction of sp³-hybridized carbons (Fsp3) is 0.190. The molecule has 2 heterocycles. The summed E-state index contributed by atoms with van der Waals surface area (Å²) in [6.07, 6.45) is 2.50. The molecule has 0 saturated carbocycles. The van der Waals surface area contributed by atoms with E-state index in [0.717, 1.165) is 22.6 Å². The van der Waals surface area contributed by atoms with Crippen molar-refractivity contribution in [3.63, 3.8) is 0 Å². The lowest BCUT2D eigenvalue weighted by Gasteiger charge is -2.28. The van der Waals surface area contributed by atoms with E-state index in [9.17, 15) is 4.79 Å². The smallest absolute Gasteiger partial charge is 0.322 e. The molecule has 28 heavy (non-hydrogen) atoms. The number of halogens is 1. The van der Waals surface area contributed by atoms with Crippen LogP contribution in [-0.2, 0) is 13.0 Å². The number of ether oxygens (including phenoxy) is 1. The molecule has 4 rings (SSSR count). The number of carbonyl (C=O) groups excluding carboxylic acids is 1. The molecule has 0 unspecified atom stereocenters. The average Bonchev–Trinajstić information content (AvgIpc) is 2.74. The Bertz CT molecular complexity index is 990. The van der Waals surface area contributed by atoms with Crippen LogP contribution < -0.4 is 10.1 Å². The first-order chi connectivity index (χ1) is 13.6. The number of aromatic nitrogens is 2. The third-order valence-electron chi connectivity index (χ3n) is 4.66. The maximum absolute atomic E-state index is 12.5. The first-order valence-corrected chi connectivity index (χ1v) is 9.31. The molecule has 0 spiro atoms. The van der Waals surface area contributed by atoms with E-state index < -0.39 is 0 Å². The van der Waals surface area contributed by atoms with Gasteiger partial charge in [-0.3, -0.25) is 0 Å². The Hall–Kier alpha value is -3.12. The molecular weight excluding hydrogens is 376 g/mol. The van der Waals surface area contributed by atoms with Gasteiger partial charge in [0.2, 0.25) is 0 Å². The van der Waals surface area contributed by atoms with Gasteiger partial charge in [-0.2, -0.15) is 0 Å². The molecule has 0 bridgehead atoms. The predicted molar refractivity (Wildman–Crippen MR) is 109 cm³/mol. The van der Waals surface area contributed by atoms with Crippen LogP contribution in [0.1, 0.15) is 11.3 Å². The lowest BCUT2D eigenvalue weighted by Crippen LogP contribution is -2.39. The molecule has 0 radical (unpaired) electrons. The number of hydrogen-bond donors (Lipinski definition) is 1. The van der Waals surface area contributed by atoms with E-state index in [4.69, 9.17) is 21.3 Å². The van der Waals surface area contributed by atoms with Gasteiger partial charge < -0.3 is 15.0 Å². The lowest BCUT2D eigenvalue weighted by molar-refractivity contribution is 0.206. The van der Waals surface area contributed by atoms with Crippen LogP contribution in [-0.4, -0.2) is 34.6 Å². The lowest BCUT2D eigenvalue weighted by atomic mass is 10.1. The number of nitrogens with one attached hydrogen (secondary N) is 1. The number of carbonyl (C=O) groups is 1. The summed E-state index contributed by atoms with van der Waals surface area (Å²) in [4.78, 5) is 23.5. The van der Waals surface area contributed by atoms with Gasteiger partial charge in [-0.15, -0.1) is 0 Å². The zero-order valence-electron chi connectivity index (χ0n) is 15.4. The minimum Gasteiger partial charge on any atom is -0.497 e. The summed E-state index contributed by atoms with van der Waals surface area (Å²) in [5.41, 5.74) is 3.60. The van der Waals surface area contributed by atoms with Crippen molar-refractivity contribution in [1.29, 1.82) is 0 Å². The van der Waals surface area contributed by atoms with Gasteiger partial charge in [-0.05, 0) is 48.5 Å². The summed E-state index contributed by atoms with van der Waals surface area (Å²) in [7, 11) is 1.64. The summed E-state index contributed by atoms with van der Waals surface area (Å²) >= 11 is 5.88. The maximum Gasteiger partial charge on any atom is 0.322 e. The van der Waals surface area contributed by atoms with E-state index in [1.807, 2.05) is 30.5 Å². The van der Waals surface area contributed by atoms with Gasteiger partial charge in [-0.1, -0.05) is 11.6 Å². The Kier molecular flexibility index (Phi) is 5.12. The van der Waals surface area contributed by atoms with Gasteiger partial charge in [0, 0.05) is 41.0 Å². The van der Waals surface area contributed by atoms with Gasteiger partial charge in [0.15, 0.2) is 5.82 Å². The summed E-state index contributed by atoms with van der Waals surface area (Å²) in [6, 6.07) is 14.6. The zero-order chi connectivity index (χ0) is 19.5. The Morgan fingerprint density at radius 3 is 2.61 bits per heavy atom. The zero-order valence-corrected chi connectivity index (χ0v) is 16.1. The number of urea groups is 1. The number of nitrogens with zero attached hydrogens (tertiary/aromatic N) is 3. The van der Waals surface area contributed by atoms with E-state index in [1.165, 1.54) is 0 Å². The third-order valence-corrected chi connectivity index (χ3v) is 4.92. The number of fused-ring (bicyclic) bond motifs is 1. The van der Waals surface area contributed by atoms with E-state index in [2.05, 4.69) is 10.3 Å². The molecule has 1 aromatic heterocycles. The van der Waals surface area contributed by atoms with Crippen molar-refractivity contribution in [3.05, 3.63) is 71.0 Å². The summed E-state index contributed by atoms with van der Waals surface area (Å²) in [5, 5.41) is 3.53. The topological polar surface area (TPSA) is 67.4 Å². The van der Waals surface area contributed by atoms with Crippen molar-refractivity contribution in [2.75, 3.05) is 19.0 Å². The second kappa shape index (κ2) is 7.86. The highest BCUT2D eigenvalue weighted by atomic mass is 35.5. The first kappa shape index (κ1) is 18.3. The Balaban J connectivity index is 1.46. The molecule has 3 aromatic rings. The second-order valence-electron chi connectivity index (χ2n) is 6.50. The third kappa shape index (κ3) is 3.92. The molecule has 1 aliphatic heterocycles. The van der Waals surface area contributed by atoms with Crippen LogP contribution in [0.15, 0.2) is 54.7 Å².